The van der Waals surface area contributed by atoms with Crippen LogP contribution in [-0.2, 0) is 11.2 Å². The number of benzene rings is 1. The molecular formula is C20H28O3. The molecule has 0 unspecified atom stereocenters. The lowest BCUT2D eigenvalue weighted by Gasteiger charge is -2.47. The van der Waals surface area contributed by atoms with Crippen molar-refractivity contribution in [3.63, 3.8) is 0 Å². The minimum Gasteiger partial charge on any atom is -0.508 e. The SMILES string of the molecule is CCCCCc1cc(O)c2c(c1)OC(C)(C)[C@H]1CCC(=O)C[C@@H]21. The summed E-state index contributed by atoms with van der Waals surface area (Å²) in [5, 5.41) is 10.6. The van der Waals surface area contributed by atoms with Crippen LogP contribution in [-0.4, -0.2) is 16.5 Å². The number of phenolic OH excluding ortho intramolecular Hbond substituents is 1. The molecule has 1 aromatic carbocycles. The maximum Gasteiger partial charge on any atom is 0.133 e. The minimum absolute atomic E-state index is 0.0969. The van der Waals surface area contributed by atoms with Crippen LogP contribution in [0.5, 0.6) is 11.5 Å². The predicted octanol–water partition coefficient (Wildman–Crippen LogP) is 4.75. The smallest absolute Gasteiger partial charge is 0.133 e. The van der Waals surface area contributed by atoms with Crippen molar-refractivity contribution >= 4 is 5.78 Å². The number of ether oxygens (including phenoxy) is 1. The summed E-state index contributed by atoms with van der Waals surface area (Å²) in [7, 11) is 0. The Hall–Kier alpha value is -1.51. The van der Waals surface area contributed by atoms with E-state index in [9.17, 15) is 9.90 Å². The normalized spacial score (nSPS) is 25.4. The molecule has 0 bridgehead atoms. The number of hydrogen-bond donors (Lipinski definition) is 1. The van der Waals surface area contributed by atoms with E-state index in [1.807, 2.05) is 6.07 Å². The van der Waals surface area contributed by atoms with Crippen molar-refractivity contribution in [1.82, 2.24) is 0 Å². The highest BCUT2D eigenvalue weighted by Crippen LogP contribution is 2.53. The van der Waals surface area contributed by atoms with E-state index in [0.717, 1.165) is 36.1 Å². The van der Waals surface area contributed by atoms with E-state index < -0.39 is 0 Å². The van der Waals surface area contributed by atoms with Gasteiger partial charge in [-0.3, -0.25) is 4.79 Å². The quantitative estimate of drug-likeness (QED) is 0.815. The number of phenols is 1. The molecular weight excluding hydrogens is 288 g/mol. The van der Waals surface area contributed by atoms with Gasteiger partial charge in [-0.1, -0.05) is 19.8 Å². The van der Waals surface area contributed by atoms with E-state index in [1.165, 1.54) is 12.8 Å². The lowest BCUT2D eigenvalue weighted by Crippen LogP contribution is -2.47. The molecule has 1 fully saturated rings. The van der Waals surface area contributed by atoms with Crippen molar-refractivity contribution in [2.24, 2.45) is 5.92 Å². The van der Waals surface area contributed by atoms with Gasteiger partial charge >= 0.3 is 0 Å². The third kappa shape index (κ3) is 3.11. The number of aryl methyl sites for hydroxylation is 1. The lowest BCUT2D eigenvalue weighted by molar-refractivity contribution is -0.124. The van der Waals surface area contributed by atoms with Crippen molar-refractivity contribution in [2.45, 2.75) is 77.2 Å². The number of unbranched alkanes of at least 4 members (excludes halogenated alkanes) is 2. The highest BCUT2D eigenvalue weighted by Gasteiger charge is 2.47. The van der Waals surface area contributed by atoms with E-state index in [2.05, 4.69) is 26.8 Å². The summed E-state index contributed by atoms with van der Waals surface area (Å²) in [6.07, 6.45) is 6.50. The van der Waals surface area contributed by atoms with Crippen LogP contribution >= 0.6 is 0 Å². The number of carbonyl (C=O) groups is 1. The summed E-state index contributed by atoms with van der Waals surface area (Å²) >= 11 is 0. The highest BCUT2D eigenvalue weighted by atomic mass is 16.5. The maximum absolute atomic E-state index is 12.0. The minimum atomic E-state index is -0.285. The van der Waals surface area contributed by atoms with E-state index in [1.54, 1.807) is 0 Å². The van der Waals surface area contributed by atoms with Gasteiger partial charge in [0.15, 0.2) is 0 Å². The van der Waals surface area contributed by atoms with E-state index in [-0.39, 0.29) is 11.5 Å². The van der Waals surface area contributed by atoms with Crippen molar-refractivity contribution in [1.29, 1.82) is 0 Å². The predicted molar refractivity (Wildman–Crippen MR) is 91.1 cm³/mol. The molecule has 3 heteroatoms. The molecule has 1 heterocycles. The molecule has 0 saturated heterocycles. The first kappa shape index (κ1) is 16.4. The Labute approximate surface area is 139 Å². The van der Waals surface area contributed by atoms with Gasteiger partial charge in [-0.05, 0) is 50.8 Å². The molecule has 1 saturated carbocycles. The molecule has 126 valence electrons. The van der Waals surface area contributed by atoms with Gasteiger partial charge in [0, 0.05) is 30.2 Å². The van der Waals surface area contributed by atoms with Crippen molar-refractivity contribution in [3.8, 4) is 11.5 Å². The van der Waals surface area contributed by atoms with Crippen LogP contribution in [0.3, 0.4) is 0 Å². The Kier molecular flexibility index (Phi) is 4.39. The highest BCUT2D eigenvalue weighted by molar-refractivity contribution is 5.81. The van der Waals surface area contributed by atoms with Crippen LogP contribution in [0.2, 0.25) is 0 Å². The Balaban J connectivity index is 1.96. The molecule has 3 rings (SSSR count). The molecule has 3 nitrogen and oxygen atoms in total. The summed E-state index contributed by atoms with van der Waals surface area (Å²) in [5.41, 5.74) is 1.71. The first-order chi connectivity index (χ1) is 10.9. The van der Waals surface area contributed by atoms with Gasteiger partial charge in [-0.15, -0.1) is 0 Å². The molecule has 2 atom stereocenters. The molecule has 1 aromatic rings. The van der Waals surface area contributed by atoms with Gasteiger partial charge in [-0.2, -0.15) is 0 Å². The number of aromatic hydroxyl groups is 1. The number of fused-ring (bicyclic) bond motifs is 3. The molecule has 1 aliphatic carbocycles. The Bertz CT molecular complexity index is 603. The molecule has 1 aliphatic heterocycles. The summed E-state index contributed by atoms with van der Waals surface area (Å²) in [6, 6.07) is 3.97. The largest absolute Gasteiger partial charge is 0.508 e. The molecule has 0 amide bonds. The average molecular weight is 316 g/mol. The third-order valence-corrected chi connectivity index (χ3v) is 5.55. The second-order valence-corrected chi connectivity index (χ2v) is 7.68. The molecule has 0 radical (unpaired) electrons. The standard InChI is InChI=1S/C20H28O3/c1-4-5-6-7-13-10-17(22)19-15-12-14(21)8-9-16(15)20(2,3)23-18(19)11-13/h10-11,15-16,22H,4-9,12H2,1-3H3/t15-,16+/m1/s1. The number of ketones is 1. The number of Topliss-reactive ketones (excluding diaryl/α,β-unsaturated/α-hetero) is 1. The first-order valence-electron chi connectivity index (χ1n) is 8.99. The summed E-state index contributed by atoms with van der Waals surface area (Å²) in [5.74, 6) is 1.80. The van der Waals surface area contributed by atoms with Crippen LogP contribution < -0.4 is 4.74 Å². The molecule has 2 aliphatic rings. The second-order valence-electron chi connectivity index (χ2n) is 7.68. The van der Waals surface area contributed by atoms with Crippen LogP contribution in [0.25, 0.3) is 0 Å². The summed E-state index contributed by atoms with van der Waals surface area (Å²) < 4.78 is 6.28. The van der Waals surface area contributed by atoms with Gasteiger partial charge in [0.1, 0.15) is 22.9 Å². The molecule has 23 heavy (non-hydrogen) atoms. The van der Waals surface area contributed by atoms with E-state index in [4.69, 9.17) is 4.74 Å². The average Bonchev–Trinajstić information content (AvgIpc) is 2.46. The van der Waals surface area contributed by atoms with Gasteiger partial charge in [0.25, 0.3) is 0 Å². The van der Waals surface area contributed by atoms with Gasteiger partial charge in [-0.25, -0.2) is 0 Å². The van der Waals surface area contributed by atoms with Crippen molar-refractivity contribution < 1.29 is 14.6 Å². The van der Waals surface area contributed by atoms with Crippen molar-refractivity contribution in [2.75, 3.05) is 0 Å². The zero-order chi connectivity index (χ0) is 16.6. The zero-order valence-electron chi connectivity index (χ0n) is 14.5. The topological polar surface area (TPSA) is 46.5 Å². The maximum atomic E-state index is 12.0. The Morgan fingerprint density at radius 2 is 2.09 bits per heavy atom. The number of carbonyl (C=O) groups excluding carboxylic acids is 1. The van der Waals surface area contributed by atoms with Crippen LogP contribution in [0.4, 0.5) is 0 Å². The van der Waals surface area contributed by atoms with Gasteiger partial charge < -0.3 is 9.84 Å². The Morgan fingerprint density at radius 1 is 1.30 bits per heavy atom. The van der Waals surface area contributed by atoms with Crippen molar-refractivity contribution in [3.05, 3.63) is 23.3 Å². The molecule has 0 spiro atoms. The number of rotatable bonds is 4. The zero-order valence-corrected chi connectivity index (χ0v) is 14.5. The monoisotopic (exact) mass is 316 g/mol. The third-order valence-electron chi connectivity index (χ3n) is 5.55. The molecule has 0 aromatic heterocycles. The number of hydrogen-bond acceptors (Lipinski definition) is 3. The second kappa shape index (κ2) is 6.18. The fraction of sp³-hybridized carbons (Fsp3) is 0.650. The first-order valence-corrected chi connectivity index (χ1v) is 8.99. The molecule has 1 N–H and O–H groups in total. The van der Waals surface area contributed by atoms with Gasteiger partial charge in [0.2, 0.25) is 0 Å². The van der Waals surface area contributed by atoms with Crippen LogP contribution in [0.15, 0.2) is 12.1 Å². The fourth-order valence-corrected chi connectivity index (χ4v) is 4.35. The van der Waals surface area contributed by atoms with Crippen LogP contribution in [0, 0.1) is 5.92 Å². The van der Waals surface area contributed by atoms with E-state index in [0.29, 0.717) is 30.3 Å². The summed E-state index contributed by atoms with van der Waals surface area (Å²) in [4.78, 5) is 12.0. The van der Waals surface area contributed by atoms with E-state index >= 15 is 0 Å². The lowest BCUT2D eigenvalue weighted by atomic mass is 9.66. The van der Waals surface area contributed by atoms with Gasteiger partial charge in [0.05, 0.1) is 0 Å². The van der Waals surface area contributed by atoms with Crippen LogP contribution in [0.1, 0.15) is 76.3 Å². The fourth-order valence-electron chi connectivity index (χ4n) is 4.35. The Morgan fingerprint density at radius 3 is 2.83 bits per heavy atom. The summed E-state index contributed by atoms with van der Waals surface area (Å²) in [6.45, 7) is 6.42.